The summed E-state index contributed by atoms with van der Waals surface area (Å²) < 4.78 is 5.58. The molecule has 0 fully saturated rings. The molecule has 0 aliphatic rings. The highest BCUT2D eigenvalue weighted by Gasteiger charge is 1.98. The molecule has 0 saturated carbocycles. The van der Waals surface area contributed by atoms with Crippen LogP contribution in [0, 0.1) is 11.3 Å². The number of benzene rings is 1. The summed E-state index contributed by atoms with van der Waals surface area (Å²) in [5.74, 6) is 0.811. The molecule has 0 unspecified atom stereocenters. The van der Waals surface area contributed by atoms with E-state index >= 15 is 0 Å². The highest BCUT2D eigenvalue weighted by atomic mass is 16.5. The number of likely N-dealkylation sites (N-methyl/N-ethyl adjacent to an activating group) is 2. The summed E-state index contributed by atoms with van der Waals surface area (Å²) in [4.78, 5) is 2.21. The minimum absolute atomic E-state index is 0.656. The summed E-state index contributed by atoms with van der Waals surface area (Å²) in [6.07, 6.45) is 0. The van der Waals surface area contributed by atoms with Crippen LogP contribution < -0.4 is 10.1 Å². The topological polar surface area (TPSA) is 48.3 Å². The summed E-state index contributed by atoms with van der Waals surface area (Å²) >= 11 is 0. The molecule has 0 atom stereocenters. The van der Waals surface area contributed by atoms with E-state index in [1.54, 1.807) is 12.1 Å². The summed E-state index contributed by atoms with van der Waals surface area (Å²) in [6, 6.07) is 9.26. The first kappa shape index (κ1) is 13.5. The Morgan fingerprint density at radius 1 is 1.29 bits per heavy atom. The Morgan fingerprint density at radius 2 is 2.00 bits per heavy atom. The standard InChI is InChI=1S/C13H19N3O/c1-15-7-8-16(2)9-10-17-13-5-3-12(11-14)4-6-13/h3-6,15H,7-10H2,1-2H3. The third-order valence-electron chi connectivity index (χ3n) is 2.47. The molecule has 4 nitrogen and oxygen atoms in total. The number of ether oxygens (including phenoxy) is 1. The highest BCUT2D eigenvalue weighted by molar-refractivity contribution is 5.34. The monoisotopic (exact) mass is 233 g/mol. The molecular weight excluding hydrogens is 214 g/mol. The molecule has 1 aromatic rings. The summed E-state index contributed by atoms with van der Waals surface area (Å²) in [5, 5.41) is 11.8. The number of nitrogens with one attached hydrogen (secondary N) is 1. The average molecular weight is 233 g/mol. The van der Waals surface area contributed by atoms with E-state index < -0.39 is 0 Å². The third kappa shape index (κ3) is 5.34. The first-order chi connectivity index (χ1) is 8.26. The molecule has 4 heteroatoms. The Kier molecular flexibility index (Phi) is 6.08. The molecule has 0 radical (unpaired) electrons. The first-order valence-corrected chi connectivity index (χ1v) is 5.72. The van der Waals surface area contributed by atoms with Crippen LogP contribution in [0.4, 0.5) is 0 Å². The third-order valence-corrected chi connectivity index (χ3v) is 2.47. The minimum atomic E-state index is 0.656. The molecule has 0 aliphatic heterocycles. The second-order valence-corrected chi connectivity index (χ2v) is 3.89. The van der Waals surface area contributed by atoms with Gasteiger partial charge in [0, 0.05) is 19.6 Å². The van der Waals surface area contributed by atoms with E-state index in [-0.39, 0.29) is 0 Å². The van der Waals surface area contributed by atoms with Crippen LogP contribution >= 0.6 is 0 Å². The molecule has 1 rings (SSSR count). The zero-order valence-electron chi connectivity index (χ0n) is 10.4. The molecule has 92 valence electrons. The molecule has 17 heavy (non-hydrogen) atoms. The lowest BCUT2D eigenvalue weighted by molar-refractivity contribution is 0.238. The Hall–Kier alpha value is -1.57. The summed E-state index contributed by atoms with van der Waals surface area (Å²) in [6.45, 7) is 3.54. The normalized spacial score (nSPS) is 10.2. The molecule has 0 aliphatic carbocycles. The maximum atomic E-state index is 8.66. The number of hydrogen-bond acceptors (Lipinski definition) is 4. The second-order valence-electron chi connectivity index (χ2n) is 3.89. The average Bonchev–Trinajstić information content (AvgIpc) is 2.37. The van der Waals surface area contributed by atoms with E-state index in [4.69, 9.17) is 10.00 Å². The molecule has 1 aromatic carbocycles. The first-order valence-electron chi connectivity index (χ1n) is 5.72. The fourth-order valence-electron chi connectivity index (χ4n) is 1.36. The van der Waals surface area contributed by atoms with Crippen LogP contribution in [0.15, 0.2) is 24.3 Å². The van der Waals surface area contributed by atoms with E-state index in [1.165, 1.54) is 0 Å². The van der Waals surface area contributed by atoms with Crippen LogP contribution in [0.2, 0.25) is 0 Å². The van der Waals surface area contributed by atoms with Crippen molar-refractivity contribution in [2.75, 3.05) is 40.3 Å². The fraction of sp³-hybridized carbons (Fsp3) is 0.462. The molecule has 0 aromatic heterocycles. The van der Waals surface area contributed by atoms with Gasteiger partial charge in [-0.3, -0.25) is 0 Å². The number of nitriles is 1. The minimum Gasteiger partial charge on any atom is -0.492 e. The Labute approximate surface area is 103 Å². The van der Waals surface area contributed by atoms with Crippen molar-refractivity contribution in [2.24, 2.45) is 0 Å². The van der Waals surface area contributed by atoms with Gasteiger partial charge in [-0.05, 0) is 38.4 Å². The van der Waals surface area contributed by atoms with Crippen LogP contribution in [-0.2, 0) is 0 Å². The lowest BCUT2D eigenvalue weighted by Gasteiger charge is -2.16. The summed E-state index contributed by atoms with van der Waals surface area (Å²) in [5.41, 5.74) is 0.656. The molecule has 1 N–H and O–H groups in total. The van der Waals surface area contributed by atoms with Crippen LogP contribution in [0.25, 0.3) is 0 Å². The lowest BCUT2D eigenvalue weighted by atomic mass is 10.2. The molecular formula is C13H19N3O. The van der Waals surface area contributed by atoms with Gasteiger partial charge in [-0.1, -0.05) is 0 Å². The van der Waals surface area contributed by atoms with Crippen molar-refractivity contribution in [3.8, 4) is 11.8 Å². The molecule has 0 heterocycles. The van der Waals surface area contributed by atoms with Gasteiger partial charge in [0.25, 0.3) is 0 Å². The van der Waals surface area contributed by atoms with E-state index in [9.17, 15) is 0 Å². The van der Waals surface area contributed by atoms with Gasteiger partial charge in [0.1, 0.15) is 12.4 Å². The maximum Gasteiger partial charge on any atom is 0.119 e. The van der Waals surface area contributed by atoms with E-state index in [0.717, 1.165) is 25.4 Å². The van der Waals surface area contributed by atoms with Gasteiger partial charge in [-0.2, -0.15) is 5.26 Å². The smallest absolute Gasteiger partial charge is 0.119 e. The zero-order chi connectivity index (χ0) is 12.5. The highest BCUT2D eigenvalue weighted by Crippen LogP contribution is 2.11. The van der Waals surface area contributed by atoms with Crippen molar-refractivity contribution in [2.45, 2.75) is 0 Å². The van der Waals surface area contributed by atoms with Crippen molar-refractivity contribution in [3.63, 3.8) is 0 Å². The lowest BCUT2D eigenvalue weighted by Crippen LogP contribution is -2.30. The molecule has 0 bridgehead atoms. The maximum absolute atomic E-state index is 8.66. The van der Waals surface area contributed by atoms with Crippen molar-refractivity contribution < 1.29 is 4.74 Å². The van der Waals surface area contributed by atoms with E-state index in [2.05, 4.69) is 23.3 Å². The van der Waals surface area contributed by atoms with E-state index in [0.29, 0.717) is 12.2 Å². The Bertz CT molecular complexity index is 356. The Balaban J connectivity index is 2.24. The van der Waals surface area contributed by atoms with Gasteiger partial charge in [-0.25, -0.2) is 0 Å². The van der Waals surface area contributed by atoms with Gasteiger partial charge < -0.3 is 15.0 Å². The van der Waals surface area contributed by atoms with E-state index in [1.807, 2.05) is 19.2 Å². The van der Waals surface area contributed by atoms with Gasteiger partial charge in [0.05, 0.1) is 11.6 Å². The van der Waals surface area contributed by atoms with Crippen molar-refractivity contribution >= 4 is 0 Å². The van der Waals surface area contributed by atoms with Gasteiger partial charge >= 0.3 is 0 Å². The SMILES string of the molecule is CNCCN(C)CCOc1ccc(C#N)cc1. The Morgan fingerprint density at radius 3 is 2.59 bits per heavy atom. The van der Waals surface area contributed by atoms with Crippen LogP contribution in [0.5, 0.6) is 5.75 Å². The van der Waals surface area contributed by atoms with Gasteiger partial charge in [0.15, 0.2) is 0 Å². The molecule has 0 spiro atoms. The molecule has 0 saturated heterocycles. The largest absolute Gasteiger partial charge is 0.492 e. The quantitative estimate of drug-likeness (QED) is 0.766. The second kappa shape index (κ2) is 7.66. The number of hydrogen-bond donors (Lipinski definition) is 1. The fourth-order valence-corrected chi connectivity index (χ4v) is 1.36. The molecule has 0 amide bonds. The summed E-state index contributed by atoms with van der Waals surface area (Å²) in [7, 11) is 4.01. The van der Waals surface area contributed by atoms with Gasteiger partial charge in [0.2, 0.25) is 0 Å². The van der Waals surface area contributed by atoms with Crippen molar-refractivity contribution in [1.82, 2.24) is 10.2 Å². The predicted octanol–water partition coefficient (Wildman–Crippen LogP) is 1.09. The van der Waals surface area contributed by atoms with Crippen LogP contribution in [0.1, 0.15) is 5.56 Å². The number of rotatable bonds is 7. The predicted molar refractivity (Wildman–Crippen MR) is 68.1 cm³/mol. The number of nitrogens with zero attached hydrogens (tertiary/aromatic N) is 2. The van der Waals surface area contributed by atoms with Crippen LogP contribution in [-0.4, -0.2) is 45.2 Å². The van der Waals surface area contributed by atoms with Gasteiger partial charge in [-0.15, -0.1) is 0 Å². The van der Waals surface area contributed by atoms with Crippen LogP contribution in [0.3, 0.4) is 0 Å². The van der Waals surface area contributed by atoms with Crippen molar-refractivity contribution in [3.05, 3.63) is 29.8 Å². The zero-order valence-corrected chi connectivity index (χ0v) is 10.4. The van der Waals surface area contributed by atoms with Crippen molar-refractivity contribution in [1.29, 1.82) is 5.26 Å².